The van der Waals surface area contributed by atoms with E-state index in [1.165, 1.54) is 19.0 Å². The molecule has 0 bridgehead atoms. The number of likely N-dealkylation sites (tertiary alicyclic amines) is 1. The molecule has 3 saturated heterocycles. The number of hydrogen-bond donors (Lipinski definition) is 3. The van der Waals surface area contributed by atoms with E-state index in [0.29, 0.717) is 62.4 Å². The number of ether oxygens (including phenoxy) is 1. The molecule has 1 aliphatic carbocycles. The Morgan fingerprint density at radius 2 is 1.59 bits per heavy atom. The molecular formula is C51H69ClF6N8O7. The fourth-order valence-electron chi connectivity index (χ4n) is 10.4. The fraction of sp³-hybridized carbons (Fsp3) is 0.647. The van der Waals surface area contributed by atoms with Crippen molar-refractivity contribution in [2.45, 2.75) is 140 Å². The van der Waals surface area contributed by atoms with Gasteiger partial charge in [-0.1, -0.05) is 81.5 Å². The van der Waals surface area contributed by atoms with Gasteiger partial charge in [-0.05, 0) is 59.6 Å². The van der Waals surface area contributed by atoms with Crippen molar-refractivity contribution >= 4 is 47.0 Å². The average molecular weight is 1060 g/mol. The monoisotopic (exact) mass is 1050 g/mol. The van der Waals surface area contributed by atoms with Gasteiger partial charge in [0.25, 0.3) is 11.8 Å². The van der Waals surface area contributed by atoms with E-state index in [2.05, 4.69) is 27.7 Å². The molecule has 15 nitrogen and oxygen atoms in total. The van der Waals surface area contributed by atoms with E-state index in [1.807, 2.05) is 32.0 Å². The van der Waals surface area contributed by atoms with Gasteiger partial charge in [0.15, 0.2) is 11.6 Å². The number of carbonyl (C=O) groups excluding carboxylic acids is 6. The van der Waals surface area contributed by atoms with Gasteiger partial charge in [-0.15, -0.1) is 0 Å². The van der Waals surface area contributed by atoms with E-state index in [1.54, 1.807) is 24.1 Å². The van der Waals surface area contributed by atoms with Crippen LogP contribution in [-0.2, 0) is 46.5 Å². The summed E-state index contributed by atoms with van der Waals surface area (Å²) >= 11 is 6.61. The van der Waals surface area contributed by atoms with Crippen molar-refractivity contribution in [3.8, 4) is 11.1 Å². The maximum Gasteiger partial charge on any atom is 0.403 e. The average Bonchev–Trinajstić information content (AvgIpc) is 3.72. The minimum absolute atomic E-state index is 0.0700. The van der Waals surface area contributed by atoms with Gasteiger partial charge < -0.3 is 40.7 Å². The van der Waals surface area contributed by atoms with Crippen molar-refractivity contribution < 1.29 is 59.8 Å². The van der Waals surface area contributed by atoms with E-state index < -0.39 is 109 Å². The molecule has 0 radical (unpaired) electrons. The summed E-state index contributed by atoms with van der Waals surface area (Å²) in [7, 11) is 4.46. The van der Waals surface area contributed by atoms with Crippen LogP contribution in [0.4, 0.5) is 26.3 Å². The molecule has 3 aliphatic heterocycles. The van der Waals surface area contributed by atoms with Crippen LogP contribution in [0.3, 0.4) is 0 Å². The lowest BCUT2D eigenvalue weighted by molar-refractivity contribution is -0.299. The third kappa shape index (κ3) is 13.8. The molecule has 4 fully saturated rings. The van der Waals surface area contributed by atoms with Crippen molar-refractivity contribution in [1.29, 1.82) is 0 Å². The van der Waals surface area contributed by atoms with E-state index in [0.717, 1.165) is 41.2 Å². The SMILES string of the molecule is CC(C)C[C@@H]1NC(=O)[C@@H](N(C)C(=O)[C@H](N)NC(=O)[C@@H]2C[C@@H](F)CN2C(=O)C2(C(F)(F)F)CC(F)(F)C2)CCCCCCCN(C)C(=O)[C@H](Cc2cc(Cl)ccc2-c2ccc(CN3CCOCC3)cc2)N(C)C1=O. The number of nitrogens with zero attached hydrogens (tertiary/aromatic N) is 5. The minimum Gasteiger partial charge on any atom is -0.379 e. The molecule has 4 aliphatic rings. The predicted molar refractivity (Wildman–Crippen MR) is 260 cm³/mol. The van der Waals surface area contributed by atoms with Gasteiger partial charge in [-0.25, -0.2) is 13.2 Å². The molecule has 1 saturated carbocycles. The molecule has 4 N–H and O–H groups in total. The quantitative estimate of drug-likeness (QED) is 0.178. The number of amides is 6. The Bertz CT molecular complexity index is 2300. The minimum atomic E-state index is -5.43. The zero-order chi connectivity index (χ0) is 53.6. The van der Waals surface area contributed by atoms with Crippen molar-refractivity contribution in [1.82, 2.24) is 35.1 Å². The highest BCUT2D eigenvalue weighted by atomic mass is 35.5. The molecule has 2 aromatic carbocycles. The molecule has 6 rings (SSSR count). The smallest absolute Gasteiger partial charge is 0.379 e. The van der Waals surface area contributed by atoms with Gasteiger partial charge in [0.05, 0.1) is 19.8 Å². The van der Waals surface area contributed by atoms with Crippen LogP contribution in [0.5, 0.6) is 0 Å². The number of alkyl halides is 6. The van der Waals surface area contributed by atoms with Crippen LogP contribution in [0.2, 0.25) is 5.02 Å². The van der Waals surface area contributed by atoms with Gasteiger partial charge in [0.1, 0.15) is 30.3 Å². The number of likely N-dealkylation sites (N-methyl/N-ethyl adjacent to an activating group) is 3. The summed E-state index contributed by atoms with van der Waals surface area (Å²) in [5.41, 5.74) is 6.18. The highest BCUT2D eigenvalue weighted by Gasteiger charge is 2.75. The van der Waals surface area contributed by atoms with Gasteiger partial charge in [0, 0.05) is 78.0 Å². The first kappa shape index (κ1) is 57.3. The Kier molecular flexibility index (Phi) is 18.9. The Morgan fingerprint density at radius 3 is 2.22 bits per heavy atom. The highest BCUT2D eigenvalue weighted by Crippen LogP contribution is 2.61. The number of hydrogen-bond acceptors (Lipinski definition) is 9. The van der Waals surface area contributed by atoms with E-state index in [-0.39, 0.29) is 36.0 Å². The van der Waals surface area contributed by atoms with E-state index in [9.17, 15) is 55.1 Å². The first-order chi connectivity index (χ1) is 34.3. The van der Waals surface area contributed by atoms with Gasteiger partial charge in [-0.3, -0.25) is 33.7 Å². The van der Waals surface area contributed by atoms with E-state index in [4.69, 9.17) is 22.1 Å². The predicted octanol–water partition coefficient (Wildman–Crippen LogP) is 5.70. The fourth-order valence-corrected chi connectivity index (χ4v) is 10.6. The van der Waals surface area contributed by atoms with Crippen molar-refractivity contribution in [2.75, 3.05) is 60.5 Å². The number of morpholine rings is 1. The molecule has 73 heavy (non-hydrogen) atoms. The van der Waals surface area contributed by atoms with Crippen molar-refractivity contribution in [2.24, 2.45) is 17.1 Å². The largest absolute Gasteiger partial charge is 0.403 e. The van der Waals surface area contributed by atoms with Crippen LogP contribution in [0.1, 0.15) is 89.2 Å². The second-order valence-electron chi connectivity index (χ2n) is 20.6. The molecule has 3 heterocycles. The number of carbonyl (C=O) groups is 6. The molecule has 2 aromatic rings. The normalized spacial score (nSPS) is 25.3. The molecule has 0 spiro atoms. The molecule has 0 aromatic heterocycles. The molecule has 404 valence electrons. The van der Waals surface area contributed by atoms with E-state index >= 15 is 0 Å². The van der Waals surface area contributed by atoms with Crippen LogP contribution in [0, 0.1) is 11.3 Å². The second-order valence-corrected chi connectivity index (χ2v) is 21.0. The summed E-state index contributed by atoms with van der Waals surface area (Å²) in [5.74, 6) is -9.81. The third-order valence-corrected chi connectivity index (χ3v) is 14.8. The van der Waals surface area contributed by atoms with Gasteiger partial charge in [-0.2, -0.15) is 13.2 Å². The van der Waals surface area contributed by atoms with Gasteiger partial charge in [0.2, 0.25) is 29.5 Å². The Morgan fingerprint density at radius 1 is 0.945 bits per heavy atom. The Labute approximate surface area is 427 Å². The molecule has 6 amide bonds. The van der Waals surface area contributed by atoms with Crippen LogP contribution < -0.4 is 16.4 Å². The second kappa shape index (κ2) is 24.1. The summed E-state index contributed by atoms with van der Waals surface area (Å²) in [4.78, 5) is 91.2. The third-order valence-electron chi connectivity index (χ3n) is 14.6. The number of rotatable bonds is 12. The lowest BCUT2D eigenvalue weighted by Gasteiger charge is -2.48. The standard InChI is InChI=1S/C51H69ClF6N8O7/c1-31(2)23-38-45(69)64(5)41(25-34-24-35(52)16-17-37(34)33-14-12-32(13-15-33)27-65-19-21-73-22-20-65)46(70)62(3)18-10-8-6-7-9-11-39(43(67)60-38)63(4)47(71)42(59)61-44(68)40-26-36(53)28-66(40)48(72)49(51(56,57)58)29-50(54,55)30-49/h12-17,24,31,36,38-42H,6-11,18-23,25-30,59H2,1-5H3,(H,60,67)(H,61,68)/t36-,38+,39+,40+,41+,42-/m1/s1. The first-order valence-electron chi connectivity index (χ1n) is 25.0. The number of benzene rings is 2. The Balaban J connectivity index is 1.21. The number of nitrogens with two attached hydrogens (primary N) is 1. The lowest BCUT2D eigenvalue weighted by atomic mass is 9.64. The number of nitrogens with one attached hydrogen (secondary N) is 2. The first-order valence-corrected chi connectivity index (χ1v) is 25.4. The maximum atomic E-state index is 14.8. The number of halogens is 7. The summed E-state index contributed by atoms with van der Waals surface area (Å²) in [6.07, 6.45) is -10.5. The van der Waals surface area contributed by atoms with Crippen LogP contribution in [-0.4, -0.2) is 169 Å². The zero-order valence-corrected chi connectivity index (χ0v) is 42.9. The van der Waals surface area contributed by atoms with Crippen LogP contribution in [0.15, 0.2) is 42.5 Å². The van der Waals surface area contributed by atoms with Crippen molar-refractivity contribution in [3.05, 3.63) is 58.6 Å². The lowest BCUT2D eigenvalue weighted by Crippen LogP contribution is -2.65. The summed E-state index contributed by atoms with van der Waals surface area (Å²) in [5, 5.41) is 5.40. The van der Waals surface area contributed by atoms with Crippen molar-refractivity contribution in [3.63, 3.8) is 0 Å². The topological polar surface area (TPSA) is 178 Å². The molecular weight excluding hydrogens is 986 g/mol. The van der Waals surface area contributed by atoms with Crippen LogP contribution >= 0.6 is 11.6 Å². The summed E-state index contributed by atoms with van der Waals surface area (Å²) in [6.45, 7) is 6.93. The highest BCUT2D eigenvalue weighted by molar-refractivity contribution is 6.30. The molecule has 6 atom stereocenters. The van der Waals surface area contributed by atoms with Crippen LogP contribution in [0.25, 0.3) is 11.1 Å². The molecule has 0 unspecified atom stereocenters. The zero-order valence-electron chi connectivity index (χ0n) is 42.1. The summed E-state index contributed by atoms with van der Waals surface area (Å²) in [6, 6.07) is 8.15. The molecule has 22 heteroatoms. The van der Waals surface area contributed by atoms with Gasteiger partial charge >= 0.3 is 6.18 Å². The maximum absolute atomic E-state index is 14.8. The summed E-state index contributed by atoms with van der Waals surface area (Å²) < 4.78 is 90.4. The Hall–Kier alpha value is -4.99.